The lowest BCUT2D eigenvalue weighted by Crippen LogP contribution is -2.44. The highest BCUT2D eigenvalue weighted by molar-refractivity contribution is 14.0. The summed E-state index contributed by atoms with van der Waals surface area (Å²) in [5, 5.41) is 10.1. The molecule has 0 aliphatic carbocycles. The van der Waals surface area contributed by atoms with Crippen molar-refractivity contribution in [3.05, 3.63) is 29.3 Å². The van der Waals surface area contributed by atoms with Gasteiger partial charge in [-0.1, -0.05) is 19.1 Å². The molecule has 0 unspecified atom stereocenters. The molecule has 144 valence electrons. The minimum Gasteiger partial charge on any atom is -0.493 e. The Morgan fingerprint density at radius 3 is 2.48 bits per heavy atom. The summed E-state index contributed by atoms with van der Waals surface area (Å²) in [6.07, 6.45) is 1.00. The van der Waals surface area contributed by atoms with Gasteiger partial charge in [0.05, 0.1) is 6.61 Å². The first-order valence-corrected chi connectivity index (χ1v) is 8.77. The van der Waals surface area contributed by atoms with Crippen LogP contribution in [0.4, 0.5) is 0 Å². The predicted octanol–water partition coefficient (Wildman–Crippen LogP) is 3.45. The summed E-state index contributed by atoms with van der Waals surface area (Å²) in [4.78, 5) is 4.27. The van der Waals surface area contributed by atoms with Crippen molar-refractivity contribution < 1.29 is 4.74 Å². The van der Waals surface area contributed by atoms with Crippen LogP contribution in [0.3, 0.4) is 0 Å². The molecule has 0 bridgehead atoms. The van der Waals surface area contributed by atoms with Crippen molar-refractivity contribution >= 4 is 29.9 Å². The Bertz CT molecular complexity index is 527. The van der Waals surface area contributed by atoms with Gasteiger partial charge in [0.2, 0.25) is 0 Å². The van der Waals surface area contributed by atoms with Gasteiger partial charge in [-0.25, -0.2) is 0 Å². The van der Waals surface area contributed by atoms with Gasteiger partial charge in [-0.2, -0.15) is 0 Å². The van der Waals surface area contributed by atoms with E-state index >= 15 is 0 Å². The molecular weight excluding hydrogens is 427 g/mol. The molecular formula is C19H35IN4O. The fourth-order valence-corrected chi connectivity index (χ4v) is 2.17. The first-order valence-electron chi connectivity index (χ1n) is 8.77. The zero-order valence-electron chi connectivity index (χ0n) is 16.5. The van der Waals surface area contributed by atoms with Crippen molar-refractivity contribution in [3.63, 3.8) is 0 Å². The standard InChI is InChI=1S/C19H34N4O.HI/c1-7-12-24-17-13-15(2)8-9-16(17)14-22-18(20-6)21-10-11-23-19(3,4)5;/h8-9,13,23H,7,10-12,14H2,1-6H3,(H2,20,21,22);1H. The van der Waals surface area contributed by atoms with E-state index in [4.69, 9.17) is 4.74 Å². The van der Waals surface area contributed by atoms with Crippen LogP contribution in [0.25, 0.3) is 0 Å². The average molecular weight is 462 g/mol. The van der Waals surface area contributed by atoms with Gasteiger partial charge in [-0.05, 0) is 45.7 Å². The Kier molecular flexibility index (Phi) is 11.8. The highest BCUT2D eigenvalue weighted by Crippen LogP contribution is 2.20. The second kappa shape index (κ2) is 12.4. The monoisotopic (exact) mass is 462 g/mol. The number of nitrogens with zero attached hydrogens (tertiary/aromatic N) is 1. The third-order valence-corrected chi connectivity index (χ3v) is 3.43. The van der Waals surface area contributed by atoms with Crippen LogP contribution in [0.15, 0.2) is 23.2 Å². The van der Waals surface area contributed by atoms with Gasteiger partial charge in [0.25, 0.3) is 0 Å². The number of hydrogen-bond donors (Lipinski definition) is 3. The maximum absolute atomic E-state index is 5.86. The van der Waals surface area contributed by atoms with Crippen LogP contribution in [-0.4, -0.2) is 38.2 Å². The van der Waals surface area contributed by atoms with Crippen LogP contribution in [0.1, 0.15) is 45.2 Å². The molecule has 0 amide bonds. The number of aliphatic imine (C=N–C) groups is 1. The van der Waals surface area contributed by atoms with E-state index in [9.17, 15) is 0 Å². The van der Waals surface area contributed by atoms with Gasteiger partial charge in [0.15, 0.2) is 5.96 Å². The molecule has 1 aromatic carbocycles. The Hall–Kier alpha value is -1.02. The van der Waals surface area contributed by atoms with Gasteiger partial charge in [-0.3, -0.25) is 4.99 Å². The molecule has 1 aromatic rings. The van der Waals surface area contributed by atoms with Crippen molar-refractivity contribution in [1.29, 1.82) is 0 Å². The SMILES string of the molecule is CCCOc1cc(C)ccc1CNC(=NC)NCCNC(C)(C)C.I. The number of halogens is 1. The van der Waals surface area contributed by atoms with Crippen molar-refractivity contribution in [1.82, 2.24) is 16.0 Å². The largest absolute Gasteiger partial charge is 0.493 e. The fourth-order valence-electron chi connectivity index (χ4n) is 2.17. The lowest BCUT2D eigenvalue weighted by atomic mass is 10.1. The van der Waals surface area contributed by atoms with Crippen LogP contribution in [-0.2, 0) is 6.54 Å². The molecule has 0 spiro atoms. The van der Waals surface area contributed by atoms with Gasteiger partial charge in [0, 0.05) is 37.8 Å². The number of rotatable bonds is 8. The normalized spacial score (nSPS) is 11.7. The van der Waals surface area contributed by atoms with Gasteiger partial charge in [-0.15, -0.1) is 24.0 Å². The Balaban J connectivity index is 0.00000576. The van der Waals surface area contributed by atoms with Gasteiger partial charge in [0.1, 0.15) is 5.75 Å². The number of ether oxygens (including phenoxy) is 1. The quantitative estimate of drug-likeness (QED) is 0.240. The number of hydrogen-bond acceptors (Lipinski definition) is 3. The van der Waals surface area contributed by atoms with Gasteiger partial charge >= 0.3 is 0 Å². The average Bonchev–Trinajstić information content (AvgIpc) is 2.52. The van der Waals surface area contributed by atoms with Crippen molar-refractivity contribution in [2.75, 3.05) is 26.7 Å². The first-order chi connectivity index (χ1) is 11.4. The Morgan fingerprint density at radius 1 is 1.16 bits per heavy atom. The molecule has 0 atom stereocenters. The van der Waals surface area contributed by atoms with Crippen LogP contribution < -0.4 is 20.7 Å². The first kappa shape index (κ1) is 24.0. The molecule has 1 rings (SSSR count). The van der Waals surface area contributed by atoms with E-state index in [0.717, 1.165) is 43.4 Å². The fraction of sp³-hybridized carbons (Fsp3) is 0.632. The molecule has 0 radical (unpaired) electrons. The van der Waals surface area contributed by atoms with Crippen LogP contribution >= 0.6 is 24.0 Å². The molecule has 0 heterocycles. The van der Waals surface area contributed by atoms with E-state index in [2.05, 4.69) is 73.8 Å². The molecule has 0 aliphatic heterocycles. The molecule has 0 saturated carbocycles. The molecule has 25 heavy (non-hydrogen) atoms. The molecule has 0 aliphatic rings. The molecule has 3 N–H and O–H groups in total. The zero-order valence-corrected chi connectivity index (χ0v) is 18.9. The smallest absolute Gasteiger partial charge is 0.191 e. The van der Waals surface area contributed by atoms with E-state index < -0.39 is 0 Å². The summed E-state index contributed by atoms with van der Waals surface area (Å²) < 4.78 is 5.86. The minimum absolute atomic E-state index is 0. The summed E-state index contributed by atoms with van der Waals surface area (Å²) in [7, 11) is 1.79. The van der Waals surface area contributed by atoms with E-state index in [1.165, 1.54) is 5.56 Å². The lowest BCUT2D eigenvalue weighted by molar-refractivity contribution is 0.313. The molecule has 6 heteroatoms. The molecule has 5 nitrogen and oxygen atoms in total. The summed E-state index contributed by atoms with van der Waals surface area (Å²) in [6, 6.07) is 6.32. The second-order valence-corrected chi connectivity index (χ2v) is 6.99. The Labute approximate surface area is 170 Å². The second-order valence-electron chi connectivity index (χ2n) is 6.99. The molecule has 0 aromatic heterocycles. The van der Waals surface area contributed by atoms with E-state index in [1.807, 2.05) is 0 Å². The number of benzene rings is 1. The van der Waals surface area contributed by atoms with E-state index in [1.54, 1.807) is 7.05 Å². The summed E-state index contributed by atoms with van der Waals surface area (Å²) in [5.41, 5.74) is 2.48. The maximum atomic E-state index is 5.86. The van der Waals surface area contributed by atoms with Crippen LogP contribution in [0, 0.1) is 6.92 Å². The summed E-state index contributed by atoms with van der Waals surface area (Å²) in [5.74, 6) is 1.75. The highest BCUT2D eigenvalue weighted by atomic mass is 127. The number of aryl methyl sites for hydroxylation is 1. The maximum Gasteiger partial charge on any atom is 0.191 e. The van der Waals surface area contributed by atoms with Gasteiger partial charge < -0.3 is 20.7 Å². The lowest BCUT2D eigenvalue weighted by Gasteiger charge is -2.21. The van der Waals surface area contributed by atoms with Crippen molar-refractivity contribution in [3.8, 4) is 5.75 Å². The third-order valence-electron chi connectivity index (χ3n) is 3.43. The summed E-state index contributed by atoms with van der Waals surface area (Å²) >= 11 is 0. The highest BCUT2D eigenvalue weighted by Gasteiger charge is 2.08. The predicted molar refractivity (Wildman–Crippen MR) is 118 cm³/mol. The van der Waals surface area contributed by atoms with Crippen LogP contribution in [0.2, 0.25) is 0 Å². The number of nitrogens with one attached hydrogen (secondary N) is 3. The van der Waals surface area contributed by atoms with E-state index in [0.29, 0.717) is 6.54 Å². The van der Waals surface area contributed by atoms with Crippen molar-refractivity contribution in [2.45, 2.75) is 53.1 Å². The van der Waals surface area contributed by atoms with Crippen LogP contribution in [0.5, 0.6) is 5.75 Å². The Morgan fingerprint density at radius 2 is 1.88 bits per heavy atom. The zero-order chi connectivity index (χ0) is 18.0. The van der Waals surface area contributed by atoms with E-state index in [-0.39, 0.29) is 29.5 Å². The van der Waals surface area contributed by atoms with Crippen molar-refractivity contribution in [2.24, 2.45) is 4.99 Å². The number of guanidine groups is 1. The molecule has 0 saturated heterocycles. The topological polar surface area (TPSA) is 57.7 Å². The third kappa shape index (κ3) is 10.5. The summed E-state index contributed by atoms with van der Waals surface area (Å²) in [6.45, 7) is 13.8. The minimum atomic E-state index is 0. The molecule has 0 fully saturated rings.